The van der Waals surface area contributed by atoms with E-state index in [4.69, 9.17) is 16.3 Å². The first-order valence-electron chi connectivity index (χ1n) is 9.75. The number of hydrogen-bond acceptors (Lipinski definition) is 3. The number of hydrogen-bond donors (Lipinski definition) is 2. The quantitative estimate of drug-likeness (QED) is 0.632. The van der Waals surface area contributed by atoms with Gasteiger partial charge in [-0.25, -0.2) is 0 Å². The van der Waals surface area contributed by atoms with Crippen molar-refractivity contribution in [3.05, 3.63) is 100 Å². The van der Waals surface area contributed by atoms with E-state index in [2.05, 4.69) is 16.7 Å². The first-order valence-corrected chi connectivity index (χ1v) is 10.1. The normalized spacial score (nSPS) is 15.2. The monoisotopic (exact) mass is 420 g/mol. The van der Waals surface area contributed by atoms with Crippen molar-refractivity contribution in [2.24, 2.45) is 0 Å². The summed E-state index contributed by atoms with van der Waals surface area (Å²) in [5.41, 5.74) is 4.03. The average Bonchev–Trinajstić information content (AvgIpc) is 2.78. The molecule has 2 N–H and O–H groups in total. The molecule has 0 saturated heterocycles. The van der Waals surface area contributed by atoms with Crippen molar-refractivity contribution in [2.45, 2.75) is 12.5 Å². The van der Waals surface area contributed by atoms with Crippen LogP contribution in [0.3, 0.4) is 0 Å². The van der Waals surface area contributed by atoms with Crippen molar-refractivity contribution < 1.29 is 14.3 Å². The van der Waals surface area contributed by atoms with E-state index in [-0.39, 0.29) is 17.9 Å². The van der Waals surface area contributed by atoms with Gasteiger partial charge in [0.25, 0.3) is 11.8 Å². The number of anilines is 1. The van der Waals surface area contributed by atoms with Gasteiger partial charge in [-0.15, -0.1) is 0 Å². The fourth-order valence-corrected chi connectivity index (χ4v) is 3.57. The lowest BCUT2D eigenvalue weighted by Gasteiger charge is -2.26. The van der Waals surface area contributed by atoms with Crippen molar-refractivity contribution in [3.8, 4) is 0 Å². The van der Waals surface area contributed by atoms with Crippen LogP contribution in [0.25, 0.3) is 0 Å². The topological polar surface area (TPSA) is 67.4 Å². The highest BCUT2D eigenvalue weighted by Gasteiger charge is 2.21. The van der Waals surface area contributed by atoms with E-state index in [0.717, 1.165) is 12.0 Å². The number of nitrogens with one attached hydrogen (secondary N) is 2. The molecule has 3 aromatic rings. The van der Waals surface area contributed by atoms with Crippen LogP contribution in [-0.2, 0) is 11.2 Å². The summed E-state index contributed by atoms with van der Waals surface area (Å²) in [4.78, 5) is 24.8. The van der Waals surface area contributed by atoms with Crippen LogP contribution in [-0.4, -0.2) is 25.0 Å². The van der Waals surface area contributed by atoms with E-state index in [1.807, 2.05) is 18.2 Å². The third-order valence-corrected chi connectivity index (χ3v) is 5.30. The van der Waals surface area contributed by atoms with Gasteiger partial charge in [0.05, 0.1) is 6.61 Å². The third kappa shape index (κ3) is 4.70. The summed E-state index contributed by atoms with van der Waals surface area (Å²) in [5.74, 6) is -0.422. The van der Waals surface area contributed by atoms with Gasteiger partial charge in [0.2, 0.25) is 0 Å². The molecule has 0 bridgehead atoms. The van der Waals surface area contributed by atoms with Gasteiger partial charge in [0.15, 0.2) is 0 Å². The maximum atomic E-state index is 12.5. The predicted octanol–water partition coefficient (Wildman–Crippen LogP) is 4.64. The highest BCUT2D eigenvalue weighted by molar-refractivity contribution is 6.30. The first kappa shape index (κ1) is 20.1. The molecular formula is C24H21ClN2O3. The molecule has 1 aliphatic rings. The molecule has 0 saturated carbocycles. The fourth-order valence-electron chi connectivity index (χ4n) is 3.44. The summed E-state index contributed by atoms with van der Waals surface area (Å²) in [5, 5.41) is 6.32. The van der Waals surface area contributed by atoms with Gasteiger partial charge in [0, 0.05) is 28.4 Å². The van der Waals surface area contributed by atoms with Crippen LogP contribution in [0.15, 0.2) is 72.8 Å². The molecule has 3 aromatic carbocycles. The number of fused-ring (bicyclic) bond motifs is 1. The summed E-state index contributed by atoms with van der Waals surface area (Å²) in [6.07, 6.45) is 0.751. The second kappa shape index (κ2) is 9.11. The van der Waals surface area contributed by atoms with Crippen LogP contribution in [0.2, 0.25) is 5.02 Å². The highest BCUT2D eigenvalue weighted by Crippen LogP contribution is 2.26. The average molecular weight is 421 g/mol. The van der Waals surface area contributed by atoms with Gasteiger partial charge < -0.3 is 15.4 Å². The molecule has 0 aromatic heterocycles. The Bertz CT molecular complexity index is 1050. The standard InChI is InChI=1S/C24H21ClN2O3/c25-19-9-5-18(6-10-19)24(29)27-20-11-7-17(8-12-20)23(28)26-15-22-21-4-2-1-3-16(21)13-14-30-22/h1-12,22H,13-15H2,(H,26,28)(H,27,29)/t22-/m0/s1. The fraction of sp³-hybridized carbons (Fsp3) is 0.167. The zero-order valence-corrected chi connectivity index (χ0v) is 17.0. The lowest BCUT2D eigenvalue weighted by Crippen LogP contribution is -2.31. The van der Waals surface area contributed by atoms with E-state index in [1.165, 1.54) is 5.56 Å². The summed E-state index contributed by atoms with van der Waals surface area (Å²) in [6.45, 7) is 1.06. The van der Waals surface area contributed by atoms with Crippen LogP contribution < -0.4 is 10.6 Å². The molecule has 30 heavy (non-hydrogen) atoms. The Kier molecular flexibility index (Phi) is 6.12. The maximum Gasteiger partial charge on any atom is 0.255 e. The molecule has 0 fully saturated rings. The molecule has 0 aliphatic carbocycles. The molecule has 1 heterocycles. The van der Waals surface area contributed by atoms with Crippen molar-refractivity contribution in [1.82, 2.24) is 5.32 Å². The number of carbonyl (C=O) groups excluding carboxylic acids is 2. The predicted molar refractivity (Wildman–Crippen MR) is 117 cm³/mol. The summed E-state index contributed by atoms with van der Waals surface area (Å²) >= 11 is 5.85. The number of amides is 2. The largest absolute Gasteiger partial charge is 0.371 e. The SMILES string of the molecule is O=C(NC[C@@H]1OCCc2ccccc21)c1ccc(NC(=O)c2ccc(Cl)cc2)cc1. The number of carbonyl (C=O) groups is 2. The first-order chi connectivity index (χ1) is 14.6. The maximum absolute atomic E-state index is 12.5. The minimum atomic E-state index is -0.239. The van der Waals surface area contributed by atoms with Crippen LogP contribution in [0.1, 0.15) is 37.9 Å². The molecule has 6 heteroatoms. The lowest BCUT2D eigenvalue weighted by molar-refractivity contribution is 0.0411. The van der Waals surface area contributed by atoms with Crippen LogP contribution in [0.4, 0.5) is 5.69 Å². The minimum absolute atomic E-state index is 0.142. The smallest absolute Gasteiger partial charge is 0.255 e. The van der Waals surface area contributed by atoms with Crippen molar-refractivity contribution in [1.29, 1.82) is 0 Å². The molecule has 0 spiro atoms. The van der Waals surface area contributed by atoms with Gasteiger partial charge in [-0.05, 0) is 66.1 Å². The molecule has 4 rings (SSSR count). The molecule has 0 unspecified atom stereocenters. The summed E-state index contributed by atoms with van der Waals surface area (Å²) in [7, 11) is 0. The van der Waals surface area contributed by atoms with E-state index in [9.17, 15) is 9.59 Å². The third-order valence-electron chi connectivity index (χ3n) is 5.05. The molecule has 1 aliphatic heterocycles. The number of ether oxygens (including phenoxy) is 1. The minimum Gasteiger partial charge on any atom is -0.371 e. The zero-order chi connectivity index (χ0) is 20.9. The summed E-state index contributed by atoms with van der Waals surface area (Å²) < 4.78 is 5.83. The van der Waals surface area contributed by atoms with E-state index >= 15 is 0 Å². The highest BCUT2D eigenvalue weighted by atomic mass is 35.5. The van der Waals surface area contributed by atoms with E-state index < -0.39 is 0 Å². The second-order valence-electron chi connectivity index (χ2n) is 7.06. The molecule has 1 atom stereocenters. The van der Waals surface area contributed by atoms with Gasteiger partial charge in [0.1, 0.15) is 6.10 Å². The molecule has 152 valence electrons. The van der Waals surface area contributed by atoms with Crippen LogP contribution in [0.5, 0.6) is 0 Å². The van der Waals surface area contributed by atoms with Gasteiger partial charge in [-0.3, -0.25) is 9.59 Å². The Morgan fingerprint density at radius 3 is 2.33 bits per heavy atom. The van der Waals surface area contributed by atoms with Gasteiger partial charge >= 0.3 is 0 Å². The van der Waals surface area contributed by atoms with Crippen molar-refractivity contribution in [3.63, 3.8) is 0 Å². The van der Waals surface area contributed by atoms with Crippen LogP contribution >= 0.6 is 11.6 Å². The Morgan fingerprint density at radius 2 is 1.57 bits per heavy atom. The Labute approximate surface area is 180 Å². The van der Waals surface area contributed by atoms with E-state index in [1.54, 1.807) is 48.5 Å². The second-order valence-corrected chi connectivity index (χ2v) is 7.49. The Morgan fingerprint density at radius 1 is 0.900 bits per heavy atom. The zero-order valence-electron chi connectivity index (χ0n) is 16.2. The summed E-state index contributed by atoms with van der Waals surface area (Å²) in [6, 6.07) is 21.6. The Balaban J connectivity index is 1.34. The molecule has 2 amide bonds. The lowest BCUT2D eigenvalue weighted by atomic mass is 9.97. The van der Waals surface area contributed by atoms with Gasteiger partial charge in [-0.2, -0.15) is 0 Å². The number of halogens is 1. The molecule has 5 nitrogen and oxygen atoms in total. The molecule has 0 radical (unpaired) electrons. The van der Waals surface area contributed by atoms with Crippen molar-refractivity contribution >= 4 is 29.1 Å². The van der Waals surface area contributed by atoms with E-state index in [0.29, 0.717) is 35.0 Å². The molecular weight excluding hydrogens is 400 g/mol. The van der Waals surface area contributed by atoms with Crippen LogP contribution in [0, 0.1) is 0 Å². The van der Waals surface area contributed by atoms with Gasteiger partial charge in [-0.1, -0.05) is 35.9 Å². The number of benzene rings is 3. The van der Waals surface area contributed by atoms with Crippen molar-refractivity contribution in [2.75, 3.05) is 18.5 Å². The Hall–Kier alpha value is -3.15. The number of rotatable bonds is 5.